The van der Waals surface area contributed by atoms with E-state index in [1.54, 1.807) is 14.2 Å². The lowest BCUT2D eigenvalue weighted by atomic mass is 10.1. The Labute approximate surface area is 111 Å². The molecule has 1 aromatic carbocycles. The fraction of sp³-hybridized carbons (Fsp3) is 0.385. The number of methoxy groups -OCH3 is 2. The number of benzene rings is 1. The van der Waals surface area contributed by atoms with E-state index in [0.717, 1.165) is 22.6 Å². The van der Waals surface area contributed by atoms with E-state index >= 15 is 0 Å². The first-order valence-electron chi connectivity index (χ1n) is 5.89. The molecule has 0 atom stereocenters. The zero-order chi connectivity index (χ0) is 13.8. The van der Waals surface area contributed by atoms with Gasteiger partial charge in [0.05, 0.1) is 20.8 Å². The van der Waals surface area contributed by atoms with Crippen molar-refractivity contribution < 1.29 is 14.0 Å². The van der Waals surface area contributed by atoms with E-state index in [-0.39, 0.29) is 0 Å². The minimum Gasteiger partial charge on any atom is -0.496 e. The fourth-order valence-corrected chi connectivity index (χ4v) is 1.81. The molecule has 1 aromatic heterocycles. The Hall–Kier alpha value is -2.08. The molecule has 2 rings (SSSR count). The van der Waals surface area contributed by atoms with Crippen molar-refractivity contribution in [2.24, 2.45) is 0 Å². The van der Waals surface area contributed by atoms with Crippen LogP contribution in [0.1, 0.15) is 11.4 Å². The molecule has 1 heterocycles. The number of ether oxygens (including phenoxy) is 2. The monoisotopic (exact) mass is 263 g/mol. The molecule has 6 heteroatoms. The summed E-state index contributed by atoms with van der Waals surface area (Å²) in [6.07, 6.45) is 0. The molecule has 102 valence electrons. The van der Waals surface area contributed by atoms with Crippen molar-refractivity contribution in [3.05, 3.63) is 23.5 Å². The highest BCUT2D eigenvalue weighted by Gasteiger charge is 2.14. The molecule has 0 fully saturated rings. The Morgan fingerprint density at radius 1 is 1.21 bits per heavy atom. The van der Waals surface area contributed by atoms with Crippen LogP contribution in [0.4, 0.5) is 0 Å². The van der Waals surface area contributed by atoms with Gasteiger partial charge in [-0.1, -0.05) is 5.16 Å². The SMILES string of the molecule is CNCc1noc(-c2cc(OC)c(C)c(OC)c2)n1. The minimum absolute atomic E-state index is 0.446. The zero-order valence-electron chi connectivity index (χ0n) is 11.5. The van der Waals surface area contributed by atoms with Crippen LogP contribution in [0.15, 0.2) is 16.7 Å². The summed E-state index contributed by atoms with van der Waals surface area (Å²) in [5.74, 6) is 2.50. The molecule has 6 nitrogen and oxygen atoms in total. The van der Waals surface area contributed by atoms with E-state index in [4.69, 9.17) is 14.0 Å². The van der Waals surface area contributed by atoms with E-state index < -0.39 is 0 Å². The van der Waals surface area contributed by atoms with Crippen LogP contribution in [0.2, 0.25) is 0 Å². The lowest BCUT2D eigenvalue weighted by Crippen LogP contribution is -2.06. The molecule has 0 aliphatic carbocycles. The number of aromatic nitrogens is 2. The van der Waals surface area contributed by atoms with Crippen molar-refractivity contribution >= 4 is 0 Å². The number of rotatable bonds is 5. The summed E-state index contributed by atoms with van der Waals surface area (Å²) >= 11 is 0. The Balaban J connectivity index is 2.43. The van der Waals surface area contributed by atoms with Crippen LogP contribution in [-0.2, 0) is 6.54 Å². The Morgan fingerprint density at radius 3 is 2.37 bits per heavy atom. The molecule has 0 spiro atoms. The molecule has 1 N–H and O–H groups in total. The normalized spacial score (nSPS) is 10.5. The number of nitrogens with one attached hydrogen (secondary N) is 1. The maximum atomic E-state index is 5.32. The third kappa shape index (κ3) is 2.68. The number of hydrogen-bond donors (Lipinski definition) is 1. The van der Waals surface area contributed by atoms with E-state index in [1.807, 2.05) is 26.1 Å². The molecule has 0 aliphatic rings. The average molecular weight is 263 g/mol. The van der Waals surface area contributed by atoms with Crippen molar-refractivity contribution in [1.82, 2.24) is 15.5 Å². The summed E-state index contributed by atoms with van der Waals surface area (Å²) < 4.78 is 15.9. The van der Waals surface area contributed by atoms with Gasteiger partial charge in [-0.25, -0.2) is 0 Å². The van der Waals surface area contributed by atoms with Gasteiger partial charge < -0.3 is 19.3 Å². The van der Waals surface area contributed by atoms with Gasteiger partial charge in [-0.2, -0.15) is 4.98 Å². The van der Waals surface area contributed by atoms with Crippen LogP contribution in [0, 0.1) is 6.92 Å². The van der Waals surface area contributed by atoms with Gasteiger partial charge in [-0.05, 0) is 26.1 Å². The van der Waals surface area contributed by atoms with Crippen LogP contribution in [0.3, 0.4) is 0 Å². The van der Waals surface area contributed by atoms with Crippen LogP contribution >= 0.6 is 0 Å². The molecule has 0 bridgehead atoms. The molecule has 19 heavy (non-hydrogen) atoms. The van der Waals surface area contributed by atoms with Crippen LogP contribution in [-0.4, -0.2) is 31.4 Å². The molecule has 0 aliphatic heterocycles. The van der Waals surface area contributed by atoms with Gasteiger partial charge in [0.15, 0.2) is 5.82 Å². The van der Waals surface area contributed by atoms with Gasteiger partial charge in [-0.15, -0.1) is 0 Å². The minimum atomic E-state index is 0.446. The predicted octanol–water partition coefficient (Wildman–Crippen LogP) is 1.78. The standard InChI is InChI=1S/C13H17N3O3/c1-8-10(17-3)5-9(6-11(8)18-4)13-15-12(7-14-2)16-19-13/h5-6,14H,7H2,1-4H3. The van der Waals surface area contributed by atoms with Gasteiger partial charge in [0.1, 0.15) is 11.5 Å². The summed E-state index contributed by atoms with van der Waals surface area (Å²) in [6, 6.07) is 3.71. The van der Waals surface area contributed by atoms with Crippen molar-refractivity contribution in [1.29, 1.82) is 0 Å². The average Bonchev–Trinajstić information content (AvgIpc) is 2.88. The van der Waals surface area contributed by atoms with E-state index in [0.29, 0.717) is 18.3 Å². The number of hydrogen-bond acceptors (Lipinski definition) is 6. The Bertz CT molecular complexity index is 541. The highest BCUT2D eigenvalue weighted by atomic mass is 16.5. The molecule has 0 saturated carbocycles. The molecule has 0 radical (unpaired) electrons. The second-order valence-electron chi connectivity index (χ2n) is 4.05. The molecular weight excluding hydrogens is 246 g/mol. The van der Waals surface area contributed by atoms with Gasteiger partial charge in [0, 0.05) is 11.1 Å². The summed E-state index contributed by atoms with van der Waals surface area (Å²) in [6.45, 7) is 2.49. The highest BCUT2D eigenvalue weighted by molar-refractivity contribution is 5.62. The van der Waals surface area contributed by atoms with Crippen LogP contribution < -0.4 is 14.8 Å². The Morgan fingerprint density at radius 2 is 1.84 bits per heavy atom. The van der Waals surface area contributed by atoms with Crippen molar-refractivity contribution in [3.63, 3.8) is 0 Å². The smallest absolute Gasteiger partial charge is 0.258 e. The predicted molar refractivity (Wildman–Crippen MR) is 70.3 cm³/mol. The topological polar surface area (TPSA) is 69.4 Å². The van der Waals surface area contributed by atoms with E-state index in [9.17, 15) is 0 Å². The van der Waals surface area contributed by atoms with Crippen molar-refractivity contribution in [2.75, 3.05) is 21.3 Å². The molecular formula is C13H17N3O3. The first kappa shape index (κ1) is 13.4. The lowest BCUT2D eigenvalue weighted by molar-refractivity contribution is 0.387. The maximum absolute atomic E-state index is 5.32. The molecule has 0 amide bonds. The summed E-state index contributed by atoms with van der Waals surface area (Å²) in [4.78, 5) is 4.30. The zero-order valence-corrected chi connectivity index (χ0v) is 11.5. The summed E-state index contributed by atoms with van der Waals surface area (Å²) in [5, 5.41) is 6.85. The summed E-state index contributed by atoms with van der Waals surface area (Å²) in [7, 11) is 5.06. The lowest BCUT2D eigenvalue weighted by Gasteiger charge is -2.10. The van der Waals surface area contributed by atoms with Gasteiger partial charge in [0.2, 0.25) is 0 Å². The highest BCUT2D eigenvalue weighted by Crippen LogP contribution is 2.33. The largest absolute Gasteiger partial charge is 0.496 e. The van der Waals surface area contributed by atoms with Crippen LogP contribution in [0.25, 0.3) is 11.5 Å². The molecule has 2 aromatic rings. The van der Waals surface area contributed by atoms with Gasteiger partial charge >= 0.3 is 0 Å². The second-order valence-corrected chi connectivity index (χ2v) is 4.05. The maximum Gasteiger partial charge on any atom is 0.258 e. The van der Waals surface area contributed by atoms with E-state index in [2.05, 4.69) is 15.5 Å². The second kappa shape index (κ2) is 5.71. The van der Waals surface area contributed by atoms with Crippen molar-refractivity contribution in [2.45, 2.75) is 13.5 Å². The fourth-order valence-electron chi connectivity index (χ4n) is 1.81. The van der Waals surface area contributed by atoms with Gasteiger partial charge in [-0.3, -0.25) is 0 Å². The van der Waals surface area contributed by atoms with Crippen molar-refractivity contribution in [3.8, 4) is 23.0 Å². The first-order valence-corrected chi connectivity index (χ1v) is 5.89. The van der Waals surface area contributed by atoms with Gasteiger partial charge in [0.25, 0.3) is 5.89 Å². The third-order valence-electron chi connectivity index (χ3n) is 2.80. The summed E-state index contributed by atoms with van der Waals surface area (Å²) in [5.41, 5.74) is 1.71. The van der Waals surface area contributed by atoms with Crippen LogP contribution in [0.5, 0.6) is 11.5 Å². The quantitative estimate of drug-likeness (QED) is 0.886. The molecule has 0 saturated heterocycles. The Kier molecular flexibility index (Phi) is 4.01. The molecule has 0 unspecified atom stereocenters. The number of nitrogens with zero attached hydrogens (tertiary/aromatic N) is 2. The first-order chi connectivity index (χ1) is 9.19. The van der Waals surface area contributed by atoms with E-state index in [1.165, 1.54) is 0 Å². The third-order valence-corrected chi connectivity index (χ3v) is 2.80.